The van der Waals surface area contributed by atoms with Crippen molar-refractivity contribution in [2.75, 3.05) is 37.7 Å². The highest BCUT2D eigenvalue weighted by molar-refractivity contribution is 5.96. The van der Waals surface area contributed by atoms with Crippen LogP contribution in [0.25, 0.3) is 0 Å². The number of aromatic nitrogens is 2. The number of piperidine rings is 1. The van der Waals surface area contributed by atoms with Gasteiger partial charge in [0.1, 0.15) is 17.3 Å². The van der Waals surface area contributed by atoms with Crippen LogP contribution in [0.1, 0.15) is 67.3 Å². The maximum atomic E-state index is 12.4. The second-order valence-corrected chi connectivity index (χ2v) is 8.03. The summed E-state index contributed by atoms with van der Waals surface area (Å²) < 4.78 is 5.60. The Morgan fingerprint density at radius 2 is 2.00 bits per heavy atom. The second-order valence-electron chi connectivity index (χ2n) is 8.03. The van der Waals surface area contributed by atoms with E-state index in [0.29, 0.717) is 17.7 Å². The molecule has 0 atom stereocenters. The third kappa shape index (κ3) is 3.12. The van der Waals surface area contributed by atoms with Crippen LogP contribution in [0.15, 0.2) is 0 Å². The maximum Gasteiger partial charge on any atom is 0.270 e. The summed E-state index contributed by atoms with van der Waals surface area (Å²) in [5.74, 6) is 1.94. The molecule has 2 fully saturated rings. The monoisotopic (exact) mass is 344 g/mol. The first-order chi connectivity index (χ1) is 12.1. The Bertz CT molecular complexity index is 662. The minimum atomic E-state index is -0.0513. The first-order valence-electron chi connectivity index (χ1n) is 9.60. The molecular formula is C19H28N4O2. The van der Waals surface area contributed by atoms with Crippen molar-refractivity contribution in [3.8, 4) is 0 Å². The van der Waals surface area contributed by atoms with E-state index in [2.05, 4.69) is 29.0 Å². The van der Waals surface area contributed by atoms with Gasteiger partial charge in [-0.05, 0) is 37.5 Å². The molecule has 4 heterocycles. The molecule has 4 rings (SSSR count). The average Bonchev–Trinajstić information content (AvgIpc) is 2.62. The van der Waals surface area contributed by atoms with Gasteiger partial charge in [0.15, 0.2) is 0 Å². The summed E-state index contributed by atoms with van der Waals surface area (Å²) in [7, 11) is 0. The topological polar surface area (TPSA) is 67.3 Å². The largest absolute Gasteiger partial charge is 0.381 e. The van der Waals surface area contributed by atoms with Crippen molar-refractivity contribution in [3.05, 3.63) is 17.1 Å². The van der Waals surface area contributed by atoms with Gasteiger partial charge in [0.05, 0.1) is 0 Å². The second kappa shape index (κ2) is 6.56. The number of rotatable bonds is 2. The number of nitrogens with one attached hydrogen (secondary N) is 1. The molecule has 0 radical (unpaired) electrons. The molecule has 0 bridgehead atoms. The van der Waals surface area contributed by atoms with Gasteiger partial charge in [-0.25, -0.2) is 9.97 Å². The molecule has 1 N–H and O–H groups in total. The van der Waals surface area contributed by atoms with Crippen molar-refractivity contribution in [3.63, 3.8) is 0 Å². The number of nitrogens with zero attached hydrogens (tertiary/aromatic N) is 3. The zero-order valence-electron chi connectivity index (χ0n) is 15.3. The third-order valence-electron chi connectivity index (χ3n) is 5.91. The minimum Gasteiger partial charge on any atom is -0.381 e. The number of hydrogen-bond acceptors (Lipinski definition) is 5. The molecule has 3 aliphatic rings. The summed E-state index contributed by atoms with van der Waals surface area (Å²) >= 11 is 0. The Kier molecular flexibility index (Phi) is 4.40. The van der Waals surface area contributed by atoms with Crippen LogP contribution in [0.3, 0.4) is 0 Å². The Balaban J connectivity index is 1.72. The molecular weight excluding hydrogens is 316 g/mol. The quantitative estimate of drug-likeness (QED) is 0.891. The Labute approximate surface area is 149 Å². The van der Waals surface area contributed by atoms with Gasteiger partial charge in [-0.3, -0.25) is 4.79 Å². The third-order valence-corrected chi connectivity index (χ3v) is 5.91. The van der Waals surface area contributed by atoms with E-state index in [1.54, 1.807) is 0 Å². The molecule has 1 aromatic heterocycles. The van der Waals surface area contributed by atoms with E-state index in [1.165, 1.54) is 12.8 Å². The zero-order valence-corrected chi connectivity index (χ0v) is 15.3. The molecule has 6 nitrogen and oxygen atoms in total. The predicted octanol–water partition coefficient (Wildman–Crippen LogP) is 2.28. The SMILES string of the molecule is CC(C)c1nc2c(c(N3CCCC4(CCOCC4)C3)n1)CCNC2=O. The van der Waals surface area contributed by atoms with Crippen molar-refractivity contribution < 1.29 is 9.53 Å². The van der Waals surface area contributed by atoms with Crippen LogP contribution >= 0.6 is 0 Å². The van der Waals surface area contributed by atoms with Crippen LogP contribution in [-0.2, 0) is 11.2 Å². The number of carbonyl (C=O) groups excluding carboxylic acids is 1. The summed E-state index contributed by atoms with van der Waals surface area (Å²) in [6.45, 7) is 8.63. The molecule has 0 unspecified atom stereocenters. The smallest absolute Gasteiger partial charge is 0.270 e. The summed E-state index contributed by atoms with van der Waals surface area (Å²) in [5.41, 5.74) is 1.98. The summed E-state index contributed by atoms with van der Waals surface area (Å²) in [4.78, 5) is 24.3. The van der Waals surface area contributed by atoms with Gasteiger partial charge in [0.25, 0.3) is 5.91 Å². The van der Waals surface area contributed by atoms with Crippen molar-refractivity contribution in [2.24, 2.45) is 5.41 Å². The van der Waals surface area contributed by atoms with Crippen molar-refractivity contribution in [1.29, 1.82) is 0 Å². The van der Waals surface area contributed by atoms with E-state index in [1.807, 2.05) is 0 Å². The lowest BCUT2D eigenvalue weighted by atomic mass is 9.74. The lowest BCUT2D eigenvalue weighted by Gasteiger charge is -2.46. The van der Waals surface area contributed by atoms with Gasteiger partial charge in [-0.1, -0.05) is 13.8 Å². The van der Waals surface area contributed by atoms with Crippen LogP contribution in [0.2, 0.25) is 0 Å². The molecule has 1 spiro atoms. The highest BCUT2D eigenvalue weighted by Crippen LogP contribution is 2.41. The average molecular weight is 344 g/mol. The fraction of sp³-hybridized carbons (Fsp3) is 0.737. The molecule has 6 heteroatoms. The molecule has 0 saturated carbocycles. The van der Waals surface area contributed by atoms with Crippen LogP contribution in [-0.4, -0.2) is 48.7 Å². The summed E-state index contributed by atoms with van der Waals surface area (Å²) in [6, 6.07) is 0. The first-order valence-corrected chi connectivity index (χ1v) is 9.60. The fourth-order valence-corrected chi connectivity index (χ4v) is 4.41. The Morgan fingerprint density at radius 1 is 1.20 bits per heavy atom. The first kappa shape index (κ1) is 16.8. The van der Waals surface area contributed by atoms with Gasteiger partial charge in [-0.2, -0.15) is 0 Å². The van der Waals surface area contributed by atoms with Gasteiger partial charge < -0.3 is 15.0 Å². The molecule has 3 aliphatic heterocycles. The highest BCUT2D eigenvalue weighted by Gasteiger charge is 2.38. The van der Waals surface area contributed by atoms with E-state index < -0.39 is 0 Å². The van der Waals surface area contributed by atoms with Gasteiger partial charge in [-0.15, -0.1) is 0 Å². The highest BCUT2D eigenvalue weighted by atomic mass is 16.5. The summed E-state index contributed by atoms with van der Waals surface area (Å²) in [6.07, 6.45) is 5.55. The lowest BCUT2D eigenvalue weighted by Crippen LogP contribution is -2.47. The van der Waals surface area contributed by atoms with Crippen LogP contribution in [0.4, 0.5) is 5.82 Å². The maximum absolute atomic E-state index is 12.4. The van der Waals surface area contributed by atoms with E-state index in [0.717, 1.165) is 62.8 Å². The number of hydrogen-bond donors (Lipinski definition) is 1. The van der Waals surface area contributed by atoms with Crippen molar-refractivity contribution >= 4 is 11.7 Å². The fourth-order valence-electron chi connectivity index (χ4n) is 4.41. The number of amides is 1. The Morgan fingerprint density at radius 3 is 2.76 bits per heavy atom. The van der Waals surface area contributed by atoms with Crippen molar-refractivity contribution in [1.82, 2.24) is 15.3 Å². The van der Waals surface area contributed by atoms with E-state index in [9.17, 15) is 4.79 Å². The van der Waals surface area contributed by atoms with Crippen LogP contribution in [0.5, 0.6) is 0 Å². The lowest BCUT2D eigenvalue weighted by molar-refractivity contribution is 0.00743. The zero-order chi connectivity index (χ0) is 17.4. The molecule has 25 heavy (non-hydrogen) atoms. The number of fused-ring (bicyclic) bond motifs is 1. The number of anilines is 1. The predicted molar refractivity (Wildman–Crippen MR) is 96.1 cm³/mol. The summed E-state index contributed by atoms with van der Waals surface area (Å²) in [5, 5.41) is 2.93. The molecule has 136 valence electrons. The van der Waals surface area contributed by atoms with Gasteiger partial charge in [0.2, 0.25) is 0 Å². The number of carbonyl (C=O) groups is 1. The van der Waals surface area contributed by atoms with Crippen LogP contribution in [0, 0.1) is 5.41 Å². The molecule has 1 aromatic rings. The van der Waals surface area contributed by atoms with Crippen molar-refractivity contribution in [2.45, 2.75) is 51.9 Å². The molecule has 2 saturated heterocycles. The molecule has 0 aromatic carbocycles. The standard InChI is InChI=1S/C19H28N4O2/c1-13(2)16-21-15-14(4-8-20-18(15)24)17(22-16)23-9-3-5-19(12-23)6-10-25-11-7-19/h13H,3-12H2,1-2H3,(H,20,24). The normalized spacial score (nSPS) is 22.8. The minimum absolute atomic E-state index is 0.0513. The van der Waals surface area contributed by atoms with E-state index >= 15 is 0 Å². The number of ether oxygens (including phenoxy) is 1. The van der Waals surface area contributed by atoms with E-state index in [-0.39, 0.29) is 11.8 Å². The molecule has 0 aliphatic carbocycles. The molecule has 1 amide bonds. The van der Waals surface area contributed by atoms with Gasteiger partial charge in [0, 0.05) is 44.3 Å². The Hall–Kier alpha value is -1.69. The van der Waals surface area contributed by atoms with Gasteiger partial charge >= 0.3 is 0 Å². The van der Waals surface area contributed by atoms with Crippen LogP contribution < -0.4 is 10.2 Å². The van der Waals surface area contributed by atoms with E-state index in [4.69, 9.17) is 9.72 Å².